The van der Waals surface area contributed by atoms with Crippen molar-refractivity contribution < 1.29 is 9.53 Å². The number of urea groups is 1. The minimum Gasteiger partial charge on any atom is -0.490 e. The molecule has 2 amide bonds. The lowest BCUT2D eigenvalue weighted by Crippen LogP contribution is -2.47. The van der Waals surface area contributed by atoms with Crippen molar-refractivity contribution in [3.05, 3.63) is 54.1 Å². The van der Waals surface area contributed by atoms with Crippen LogP contribution in [0.1, 0.15) is 25.3 Å². The van der Waals surface area contributed by atoms with E-state index in [-0.39, 0.29) is 6.03 Å². The molecule has 2 aromatic rings. The molecule has 166 valence electrons. The highest BCUT2D eigenvalue weighted by Crippen LogP contribution is 2.30. The van der Waals surface area contributed by atoms with Gasteiger partial charge >= 0.3 is 6.03 Å². The fraction of sp³-hybridized carbons (Fsp3) is 0.480. The van der Waals surface area contributed by atoms with Crippen molar-refractivity contribution >= 4 is 17.4 Å². The van der Waals surface area contributed by atoms with Crippen molar-refractivity contribution in [2.45, 2.75) is 26.2 Å². The van der Waals surface area contributed by atoms with Crippen LogP contribution in [0.2, 0.25) is 0 Å². The second kappa shape index (κ2) is 10.5. The van der Waals surface area contributed by atoms with Gasteiger partial charge in [-0.25, -0.2) is 4.79 Å². The second-order valence-corrected chi connectivity index (χ2v) is 8.28. The van der Waals surface area contributed by atoms with Crippen LogP contribution in [0, 0.1) is 0 Å². The molecular formula is C25H34N4O2. The molecule has 0 unspecified atom stereocenters. The van der Waals surface area contributed by atoms with Gasteiger partial charge in [0, 0.05) is 51.5 Å². The van der Waals surface area contributed by atoms with E-state index < -0.39 is 0 Å². The number of carbonyl (C=O) groups excluding carboxylic acids is 1. The highest BCUT2D eigenvalue weighted by molar-refractivity contribution is 5.91. The number of nitrogens with zero attached hydrogens (tertiary/aromatic N) is 3. The summed E-state index contributed by atoms with van der Waals surface area (Å²) in [5.74, 6) is 0.820. The molecule has 2 fully saturated rings. The molecule has 2 aliphatic rings. The molecule has 0 spiro atoms. The third-order valence-corrected chi connectivity index (χ3v) is 6.26. The molecule has 0 bridgehead atoms. The van der Waals surface area contributed by atoms with Crippen molar-refractivity contribution in [2.75, 3.05) is 62.6 Å². The zero-order valence-electron chi connectivity index (χ0n) is 18.6. The van der Waals surface area contributed by atoms with Gasteiger partial charge in [0.05, 0.1) is 5.69 Å². The molecule has 0 aromatic heterocycles. The van der Waals surface area contributed by atoms with Crippen molar-refractivity contribution in [1.82, 2.24) is 9.80 Å². The summed E-state index contributed by atoms with van der Waals surface area (Å²) in [6.45, 7) is 9.44. The largest absolute Gasteiger partial charge is 0.490 e. The van der Waals surface area contributed by atoms with Gasteiger partial charge in [0.15, 0.2) is 0 Å². The maximum absolute atomic E-state index is 12.6. The molecule has 6 heteroatoms. The van der Waals surface area contributed by atoms with E-state index in [2.05, 4.69) is 58.4 Å². The van der Waals surface area contributed by atoms with E-state index in [9.17, 15) is 4.79 Å². The molecule has 2 aromatic carbocycles. The number of hydrogen-bond donors (Lipinski definition) is 1. The lowest BCUT2D eigenvalue weighted by Gasteiger charge is -2.36. The first-order valence-corrected chi connectivity index (χ1v) is 11.6. The number of hydrogen-bond acceptors (Lipinski definition) is 4. The van der Waals surface area contributed by atoms with E-state index in [1.807, 2.05) is 17.0 Å². The number of aryl methyl sites for hydroxylation is 1. The first-order valence-electron chi connectivity index (χ1n) is 11.6. The van der Waals surface area contributed by atoms with Crippen molar-refractivity contribution in [3.63, 3.8) is 0 Å². The van der Waals surface area contributed by atoms with E-state index in [1.54, 1.807) is 0 Å². The number of rotatable bonds is 7. The molecule has 2 saturated heterocycles. The van der Waals surface area contributed by atoms with Crippen LogP contribution in [-0.4, -0.2) is 68.3 Å². The summed E-state index contributed by atoms with van der Waals surface area (Å²) in [4.78, 5) is 19.4. The minimum atomic E-state index is -0.0207. The first kappa shape index (κ1) is 21.5. The lowest BCUT2D eigenvalue weighted by atomic mass is 10.1. The van der Waals surface area contributed by atoms with Crippen LogP contribution in [0.3, 0.4) is 0 Å². The Morgan fingerprint density at radius 3 is 2.39 bits per heavy atom. The quantitative estimate of drug-likeness (QED) is 0.731. The van der Waals surface area contributed by atoms with Gasteiger partial charge in [-0.2, -0.15) is 0 Å². The first-order chi connectivity index (χ1) is 15.2. The Balaban J connectivity index is 1.30. The molecule has 0 aliphatic carbocycles. The Labute approximate surface area is 185 Å². The van der Waals surface area contributed by atoms with Gasteiger partial charge in [-0.05, 0) is 43.0 Å². The van der Waals surface area contributed by atoms with Crippen LogP contribution in [0.15, 0.2) is 48.5 Å². The minimum absolute atomic E-state index is 0.0207. The van der Waals surface area contributed by atoms with Crippen molar-refractivity contribution in [1.29, 1.82) is 0 Å². The Morgan fingerprint density at radius 2 is 1.68 bits per heavy atom. The Morgan fingerprint density at radius 1 is 0.935 bits per heavy atom. The monoisotopic (exact) mass is 422 g/mol. The van der Waals surface area contributed by atoms with Gasteiger partial charge in [-0.15, -0.1) is 0 Å². The number of likely N-dealkylation sites (tertiary alicyclic amines) is 1. The van der Waals surface area contributed by atoms with Gasteiger partial charge in [0.1, 0.15) is 12.4 Å². The van der Waals surface area contributed by atoms with Crippen molar-refractivity contribution in [3.8, 4) is 5.75 Å². The highest BCUT2D eigenvalue weighted by atomic mass is 16.5. The average Bonchev–Trinajstić information content (AvgIpc) is 3.36. The Hall–Kier alpha value is -2.73. The number of nitrogens with one attached hydrogen (secondary N) is 1. The number of anilines is 2. The lowest BCUT2D eigenvalue weighted by molar-refractivity contribution is 0.200. The zero-order valence-corrected chi connectivity index (χ0v) is 18.6. The number of benzene rings is 2. The van der Waals surface area contributed by atoms with E-state index in [1.165, 1.54) is 5.69 Å². The van der Waals surface area contributed by atoms with E-state index in [0.717, 1.165) is 82.1 Å². The van der Waals surface area contributed by atoms with Crippen LogP contribution in [0.5, 0.6) is 5.75 Å². The summed E-state index contributed by atoms with van der Waals surface area (Å²) in [7, 11) is 0. The Kier molecular flexibility index (Phi) is 7.30. The summed E-state index contributed by atoms with van der Waals surface area (Å²) in [6, 6.07) is 16.6. The standard InChI is InChI=1S/C25H34N4O2/c1-2-21-9-8-12-23(26-25(30)29-13-6-7-14-29)24(21)31-20-19-27-15-17-28(18-16-27)22-10-4-3-5-11-22/h3-5,8-12H,2,6-7,13-20H2,1H3,(H,26,30). The summed E-state index contributed by atoms with van der Waals surface area (Å²) >= 11 is 0. The topological polar surface area (TPSA) is 48.1 Å². The summed E-state index contributed by atoms with van der Waals surface area (Å²) in [5.41, 5.74) is 3.21. The molecule has 1 N–H and O–H groups in total. The third kappa shape index (κ3) is 5.50. The predicted molar refractivity (Wildman–Crippen MR) is 126 cm³/mol. The summed E-state index contributed by atoms with van der Waals surface area (Å²) < 4.78 is 6.25. The number of para-hydroxylation sites is 2. The van der Waals surface area contributed by atoms with Crippen LogP contribution < -0.4 is 15.0 Å². The average molecular weight is 423 g/mol. The van der Waals surface area contributed by atoms with Crippen LogP contribution in [0.25, 0.3) is 0 Å². The second-order valence-electron chi connectivity index (χ2n) is 8.28. The van der Waals surface area contributed by atoms with Gasteiger partial charge in [0.25, 0.3) is 0 Å². The van der Waals surface area contributed by atoms with E-state index in [0.29, 0.717) is 6.61 Å². The fourth-order valence-electron chi connectivity index (χ4n) is 4.39. The number of carbonyl (C=O) groups is 1. The van der Waals surface area contributed by atoms with Gasteiger partial charge in [0.2, 0.25) is 0 Å². The van der Waals surface area contributed by atoms with Gasteiger partial charge in [-0.3, -0.25) is 4.90 Å². The SMILES string of the molecule is CCc1cccc(NC(=O)N2CCCC2)c1OCCN1CCN(c2ccccc2)CC1. The van der Waals surface area contributed by atoms with Crippen LogP contribution in [0.4, 0.5) is 16.2 Å². The molecule has 4 rings (SSSR count). The molecule has 0 saturated carbocycles. The fourth-order valence-corrected chi connectivity index (χ4v) is 4.39. The summed E-state index contributed by atoms with van der Waals surface area (Å²) in [5, 5.41) is 3.08. The zero-order chi connectivity index (χ0) is 21.5. The number of ether oxygens (including phenoxy) is 1. The predicted octanol–water partition coefficient (Wildman–Crippen LogP) is 4.08. The summed E-state index contributed by atoms with van der Waals surface area (Å²) in [6.07, 6.45) is 3.05. The molecule has 0 atom stereocenters. The van der Waals surface area contributed by atoms with Crippen LogP contribution in [-0.2, 0) is 6.42 Å². The van der Waals surface area contributed by atoms with E-state index >= 15 is 0 Å². The van der Waals surface area contributed by atoms with Gasteiger partial charge < -0.3 is 19.9 Å². The molecule has 0 radical (unpaired) electrons. The smallest absolute Gasteiger partial charge is 0.321 e. The molecular weight excluding hydrogens is 388 g/mol. The number of amides is 2. The molecule has 6 nitrogen and oxygen atoms in total. The normalized spacial score (nSPS) is 17.1. The Bertz CT molecular complexity index is 844. The molecule has 2 heterocycles. The highest BCUT2D eigenvalue weighted by Gasteiger charge is 2.21. The van der Waals surface area contributed by atoms with Crippen molar-refractivity contribution in [2.24, 2.45) is 0 Å². The van der Waals surface area contributed by atoms with Crippen LogP contribution >= 0.6 is 0 Å². The number of piperazine rings is 1. The third-order valence-electron chi connectivity index (χ3n) is 6.26. The van der Waals surface area contributed by atoms with E-state index in [4.69, 9.17) is 4.74 Å². The molecule has 2 aliphatic heterocycles. The maximum Gasteiger partial charge on any atom is 0.321 e. The van der Waals surface area contributed by atoms with Gasteiger partial charge in [-0.1, -0.05) is 37.3 Å². The molecule has 31 heavy (non-hydrogen) atoms. The maximum atomic E-state index is 12.6.